The number of aliphatic hydroxyl groups is 1. The van der Waals surface area contributed by atoms with Crippen LogP contribution < -0.4 is 5.32 Å². The van der Waals surface area contributed by atoms with Gasteiger partial charge in [-0.15, -0.1) is 5.10 Å². The zero-order chi connectivity index (χ0) is 23.8. The van der Waals surface area contributed by atoms with Gasteiger partial charge in [0.25, 0.3) is 0 Å². The van der Waals surface area contributed by atoms with Crippen LogP contribution in [0.15, 0.2) is 55.0 Å². The molecule has 0 saturated heterocycles. The average molecular weight is 472 g/mol. The number of aliphatic hydroxyl groups excluding tert-OH is 1. The number of benzene rings is 1. The van der Waals surface area contributed by atoms with Crippen LogP contribution in [0.5, 0.6) is 0 Å². The lowest BCUT2D eigenvalue weighted by Gasteiger charge is -2.15. The van der Waals surface area contributed by atoms with Crippen LogP contribution in [-0.4, -0.2) is 39.6 Å². The molecular weight excluding hydrogens is 454 g/mol. The maximum absolute atomic E-state index is 10.3. The molecule has 168 valence electrons. The number of rotatable bonds is 5. The number of fused-ring (bicyclic) bond motifs is 1. The molecule has 1 aromatic carbocycles. The first-order chi connectivity index (χ1) is 16.4. The van der Waals surface area contributed by atoms with Crippen LogP contribution in [-0.2, 0) is 0 Å². The summed E-state index contributed by atoms with van der Waals surface area (Å²) in [7, 11) is 0. The Morgan fingerprint density at radius 2 is 1.97 bits per heavy atom. The van der Waals surface area contributed by atoms with Crippen LogP contribution in [0.3, 0.4) is 0 Å². The highest BCUT2D eigenvalue weighted by Gasteiger charge is 2.19. The molecule has 5 aromatic rings. The van der Waals surface area contributed by atoms with E-state index in [2.05, 4.69) is 25.6 Å². The van der Waals surface area contributed by atoms with E-state index in [4.69, 9.17) is 21.8 Å². The lowest BCUT2D eigenvalue weighted by atomic mass is 10.1. The van der Waals surface area contributed by atoms with Crippen LogP contribution >= 0.6 is 11.6 Å². The molecule has 0 aliphatic heterocycles. The normalized spacial score (nSPS) is 12.0. The van der Waals surface area contributed by atoms with Crippen molar-refractivity contribution in [2.24, 2.45) is 0 Å². The van der Waals surface area contributed by atoms with Gasteiger partial charge in [0.05, 0.1) is 27.9 Å². The van der Waals surface area contributed by atoms with Gasteiger partial charge >= 0.3 is 0 Å². The Balaban J connectivity index is 1.57. The second kappa shape index (κ2) is 8.55. The van der Waals surface area contributed by atoms with Gasteiger partial charge in [0, 0.05) is 17.4 Å². The molecule has 2 N–H and O–H groups in total. The quantitative estimate of drug-likeness (QED) is 0.393. The fourth-order valence-corrected chi connectivity index (χ4v) is 3.77. The van der Waals surface area contributed by atoms with Gasteiger partial charge in [-0.2, -0.15) is 15.5 Å². The Labute approximate surface area is 199 Å². The van der Waals surface area contributed by atoms with Gasteiger partial charge in [0.2, 0.25) is 0 Å². The number of aromatic nitrogens is 7. The Kier molecular flexibility index (Phi) is 5.41. The van der Waals surface area contributed by atoms with Crippen LogP contribution in [0.1, 0.15) is 30.0 Å². The monoisotopic (exact) mass is 471 g/mol. The number of anilines is 2. The summed E-state index contributed by atoms with van der Waals surface area (Å²) in [6, 6.07) is 14.6. The summed E-state index contributed by atoms with van der Waals surface area (Å²) in [5.74, 6) is 1.42. The summed E-state index contributed by atoms with van der Waals surface area (Å²) in [4.78, 5) is 9.19. The Morgan fingerprint density at radius 1 is 1.12 bits per heavy atom. The number of halogens is 1. The number of nitrogens with zero attached hydrogens (tertiary/aromatic N) is 8. The van der Waals surface area contributed by atoms with Gasteiger partial charge < -0.3 is 10.4 Å². The van der Waals surface area contributed by atoms with Crippen molar-refractivity contribution in [2.75, 3.05) is 5.32 Å². The highest BCUT2D eigenvalue weighted by atomic mass is 35.5. The minimum Gasteiger partial charge on any atom is -0.389 e. The molecule has 11 heteroatoms. The van der Waals surface area contributed by atoms with Crippen LogP contribution in [0.2, 0.25) is 5.02 Å². The molecule has 0 amide bonds. The zero-order valence-electron chi connectivity index (χ0n) is 18.2. The molecule has 1 atom stereocenters. The summed E-state index contributed by atoms with van der Waals surface area (Å²) in [5.41, 5.74) is 3.86. The fraction of sp³-hybridized carbons (Fsp3) is 0.130. The molecule has 0 spiro atoms. The summed E-state index contributed by atoms with van der Waals surface area (Å²) < 4.78 is 3.21. The first kappa shape index (κ1) is 21.5. The standard InChI is InChI=1S/C23H18ClN9O/c1-13-3-6-21(30-29-13)27-15-4-5-20-19(9-15)26-12-32(20)23-18(24)10-17(14(2)34)22(28-23)33-8-7-16(11-25)31-33/h3-10,12,14,34H,1-2H3,(H,27,30). The van der Waals surface area contributed by atoms with Crippen molar-refractivity contribution in [3.05, 3.63) is 77.0 Å². The van der Waals surface area contributed by atoms with Crippen molar-refractivity contribution in [3.63, 3.8) is 0 Å². The Hall–Kier alpha value is -4.33. The third-order valence-electron chi connectivity index (χ3n) is 5.18. The predicted molar refractivity (Wildman–Crippen MR) is 126 cm³/mol. The largest absolute Gasteiger partial charge is 0.389 e. The van der Waals surface area contributed by atoms with Crippen molar-refractivity contribution in [1.82, 2.24) is 34.5 Å². The number of nitriles is 1. The predicted octanol–water partition coefficient (Wildman–Crippen LogP) is 4.03. The zero-order valence-corrected chi connectivity index (χ0v) is 18.9. The van der Waals surface area contributed by atoms with E-state index < -0.39 is 6.10 Å². The van der Waals surface area contributed by atoms with E-state index >= 15 is 0 Å². The highest BCUT2D eigenvalue weighted by molar-refractivity contribution is 6.32. The number of imidazole rings is 1. The number of pyridine rings is 1. The van der Waals surface area contributed by atoms with E-state index in [0.29, 0.717) is 28.0 Å². The SMILES string of the molecule is Cc1ccc(Nc2ccc3c(c2)ncn3-c2nc(-n3ccc(C#N)n3)c(C(C)O)cc2Cl)nn1. The summed E-state index contributed by atoms with van der Waals surface area (Å²) >= 11 is 6.58. The summed E-state index contributed by atoms with van der Waals surface area (Å²) in [6.45, 7) is 3.49. The number of nitrogens with one attached hydrogen (secondary N) is 1. The van der Waals surface area contributed by atoms with Crippen LogP contribution in [0.4, 0.5) is 11.5 Å². The molecular formula is C23H18ClN9O. The molecule has 0 saturated carbocycles. The van der Waals surface area contributed by atoms with E-state index in [1.54, 1.807) is 36.1 Å². The molecule has 5 rings (SSSR count). The molecule has 0 aliphatic carbocycles. The molecule has 34 heavy (non-hydrogen) atoms. The minimum absolute atomic E-state index is 0.237. The second-order valence-electron chi connectivity index (χ2n) is 7.64. The first-order valence-corrected chi connectivity index (χ1v) is 10.7. The molecule has 0 radical (unpaired) electrons. The van der Waals surface area contributed by atoms with Gasteiger partial charge in [0.15, 0.2) is 23.1 Å². The molecule has 0 fully saturated rings. The number of hydrogen-bond acceptors (Lipinski definition) is 8. The Bertz CT molecular complexity index is 1550. The summed E-state index contributed by atoms with van der Waals surface area (Å²) in [5, 5.41) is 35.3. The van der Waals surface area contributed by atoms with Gasteiger partial charge in [0.1, 0.15) is 12.4 Å². The second-order valence-corrected chi connectivity index (χ2v) is 8.05. The number of aryl methyl sites for hydroxylation is 1. The maximum Gasteiger partial charge on any atom is 0.162 e. The molecule has 4 aromatic heterocycles. The van der Waals surface area contributed by atoms with Crippen LogP contribution in [0.25, 0.3) is 22.7 Å². The van der Waals surface area contributed by atoms with Gasteiger partial charge in [-0.3, -0.25) is 4.57 Å². The average Bonchev–Trinajstić information content (AvgIpc) is 3.47. The third-order valence-corrected chi connectivity index (χ3v) is 5.46. The molecule has 1 unspecified atom stereocenters. The van der Waals surface area contributed by atoms with E-state index in [9.17, 15) is 5.11 Å². The molecule has 10 nitrogen and oxygen atoms in total. The van der Waals surface area contributed by atoms with Gasteiger partial charge in [-0.1, -0.05) is 11.6 Å². The van der Waals surface area contributed by atoms with E-state index in [-0.39, 0.29) is 5.69 Å². The topological polar surface area (TPSA) is 130 Å². The molecule has 4 heterocycles. The van der Waals surface area contributed by atoms with Gasteiger partial charge in [-0.05, 0) is 56.3 Å². The van der Waals surface area contributed by atoms with Crippen molar-refractivity contribution in [3.8, 4) is 17.7 Å². The van der Waals surface area contributed by atoms with Crippen LogP contribution in [0, 0.1) is 18.3 Å². The van der Waals surface area contributed by atoms with E-state index in [0.717, 1.165) is 22.4 Å². The van der Waals surface area contributed by atoms with E-state index in [1.807, 2.05) is 43.3 Å². The van der Waals surface area contributed by atoms with Crippen molar-refractivity contribution >= 4 is 34.1 Å². The maximum atomic E-state index is 10.3. The highest BCUT2D eigenvalue weighted by Crippen LogP contribution is 2.30. The third kappa shape index (κ3) is 3.94. The van der Waals surface area contributed by atoms with E-state index in [1.165, 1.54) is 4.68 Å². The lowest BCUT2D eigenvalue weighted by molar-refractivity contribution is 0.198. The fourth-order valence-electron chi connectivity index (χ4n) is 3.52. The summed E-state index contributed by atoms with van der Waals surface area (Å²) in [6.07, 6.45) is 2.40. The van der Waals surface area contributed by atoms with Crippen molar-refractivity contribution < 1.29 is 5.11 Å². The minimum atomic E-state index is -0.846. The smallest absolute Gasteiger partial charge is 0.162 e. The lowest BCUT2D eigenvalue weighted by Crippen LogP contribution is -2.10. The van der Waals surface area contributed by atoms with Crippen molar-refractivity contribution in [2.45, 2.75) is 20.0 Å². The molecule has 0 bridgehead atoms. The number of hydrogen-bond donors (Lipinski definition) is 2. The molecule has 0 aliphatic rings. The van der Waals surface area contributed by atoms with Crippen molar-refractivity contribution in [1.29, 1.82) is 5.26 Å². The van der Waals surface area contributed by atoms with Gasteiger partial charge in [-0.25, -0.2) is 14.6 Å². The Morgan fingerprint density at radius 3 is 2.68 bits per heavy atom. The first-order valence-electron chi connectivity index (χ1n) is 10.3.